The van der Waals surface area contributed by atoms with Gasteiger partial charge in [-0.1, -0.05) is 54.6 Å². The number of para-hydroxylation sites is 2. The van der Waals surface area contributed by atoms with Gasteiger partial charge < -0.3 is 9.73 Å². The molecule has 1 unspecified atom stereocenters. The Balaban J connectivity index is 1.68. The predicted octanol–water partition coefficient (Wildman–Crippen LogP) is 6.58. The lowest BCUT2D eigenvalue weighted by atomic mass is 10.0. The molecule has 4 nitrogen and oxygen atoms in total. The summed E-state index contributed by atoms with van der Waals surface area (Å²) in [5, 5.41) is 9.69. The Morgan fingerprint density at radius 1 is 0.867 bits per heavy atom. The average molecular weight is 385 g/mol. The van der Waals surface area contributed by atoms with Gasteiger partial charge in [-0.05, 0) is 24.3 Å². The van der Waals surface area contributed by atoms with Crippen LogP contribution in [-0.4, -0.2) is 16.2 Å². The van der Waals surface area contributed by atoms with Crippen LogP contribution in [0.5, 0.6) is 0 Å². The van der Waals surface area contributed by atoms with Gasteiger partial charge in [0.25, 0.3) is 0 Å². The molecule has 3 aromatic carbocycles. The minimum absolute atomic E-state index is 0.100. The van der Waals surface area contributed by atoms with Crippen molar-refractivity contribution in [3.05, 3.63) is 78.9 Å². The number of aromatic nitrogens is 1. The highest BCUT2D eigenvalue weighted by molar-refractivity contribution is 6.33. The highest BCUT2D eigenvalue weighted by atomic mass is 16.3. The van der Waals surface area contributed by atoms with Crippen LogP contribution < -0.4 is 5.32 Å². The van der Waals surface area contributed by atoms with Gasteiger partial charge in [-0.2, -0.15) is 0 Å². The van der Waals surface area contributed by atoms with Crippen LogP contribution >= 0.6 is 0 Å². The van der Waals surface area contributed by atoms with Gasteiger partial charge in [-0.25, -0.2) is 4.99 Å². The smallest absolute Gasteiger partial charge is 0.138 e. The molecule has 0 radical (unpaired) electrons. The molecular weight excluding hydrogens is 370 g/mol. The molecule has 1 aliphatic carbocycles. The van der Waals surface area contributed by atoms with E-state index in [-0.39, 0.29) is 6.04 Å². The lowest BCUT2D eigenvalue weighted by molar-refractivity contribution is 0.669. The third-order valence-corrected chi connectivity index (χ3v) is 6.51. The Hall–Kier alpha value is -4.05. The number of furan rings is 1. The van der Waals surface area contributed by atoms with Crippen LogP contribution in [0.25, 0.3) is 49.1 Å². The topological polar surface area (TPSA) is 41.9 Å². The van der Waals surface area contributed by atoms with Crippen molar-refractivity contribution in [2.24, 2.45) is 4.99 Å². The second-order valence-electron chi connectivity index (χ2n) is 8.07. The zero-order valence-electron chi connectivity index (χ0n) is 15.9. The van der Waals surface area contributed by atoms with E-state index in [1.807, 2.05) is 18.2 Å². The number of hydrogen-bond donors (Lipinski definition) is 1. The Morgan fingerprint density at radius 2 is 1.73 bits per heavy atom. The molecule has 0 bridgehead atoms. The number of anilines is 1. The molecule has 140 valence electrons. The molecule has 8 rings (SSSR count). The minimum Gasteiger partial charge on any atom is -0.456 e. The van der Waals surface area contributed by atoms with Gasteiger partial charge in [0.15, 0.2) is 0 Å². The molecule has 2 aliphatic rings. The van der Waals surface area contributed by atoms with Gasteiger partial charge in [0.1, 0.15) is 22.7 Å². The first-order valence-corrected chi connectivity index (χ1v) is 10.2. The van der Waals surface area contributed by atoms with E-state index in [9.17, 15) is 0 Å². The number of hydrogen-bond acceptors (Lipinski definition) is 3. The first-order valence-electron chi connectivity index (χ1n) is 10.2. The summed E-state index contributed by atoms with van der Waals surface area (Å²) in [5.74, 6) is 1.06. The summed E-state index contributed by atoms with van der Waals surface area (Å²) in [6, 6.07) is 19.2. The number of rotatable bonds is 0. The van der Waals surface area contributed by atoms with Crippen molar-refractivity contribution in [2.45, 2.75) is 6.04 Å². The van der Waals surface area contributed by atoms with E-state index >= 15 is 0 Å². The maximum atomic E-state index is 6.30. The molecule has 1 aliphatic heterocycles. The summed E-state index contributed by atoms with van der Waals surface area (Å²) in [4.78, 5) is 5.08. The van der Waals surface area contributed by atoms with Gasteiger partial charge >= 0.3 is 0 Å². The van der Waals surface area contributed by atoms with E-state index in [0.29, 0.717) is 0 Å². The van der Waals surface area contributed by atoms with Crippen molar-refractivity contribution in [3.63, 3.8) is 0 Å². The van der Waals surface area contributed by atoms with Gasteiger partial charge in [0.2, 0.25) is 0 Å². The van der Waals surface area contributed by atoms with Crippen LogP contribution in [0.1, 0.15) is 0 Å². The van der Waals surface area contributed by atoms with Gasteiger partial charge in [0, 0.05) is 26.9 Å². The quantitative estimate of drug-likeness (QED) is 0.321. The molecule has 30 heavy (non-hydrogen) atoms. The summed E-state index contributed by atoms with van der Waals surface area (Å²) in [6.07, 6.45) is 8.37. The fourth-order valence-electron chi connectivity index (χ4n) is 5.30. The lowest BCUT2D eigenvalue weighted by Crippen LogP contribution is -2.30. The van der Waals surface area contributed by atoms with Crippen molar-refractivity contribution in [2.75, 3.05) is 5.32 Å². The van der Waals surface area contributed by atoms with Crippen molar-refractivity contribution < 1.29 is 4.42 Å². The first-order chi connectivity index (χ1) is 14.9. The molecule has 6 aromatic rings. The van der Waals surface area contributed by atoms with Crippen molar-refractivity contribution in [1.29, 1.82) is 0 Å². The fraction of sp³-hybridized carbons (Fsp3) is 0.0385. The van der Waals surface area contributed by atoms with Crippen LogP contribution in [0.2, 0.25) is 0 Å². The Kier molecular flexibility index (Phi) is 2.44. The van der Waals surface area contributed by atoms with Crippen molar-refractivity contribution >= 4 is 66.3 Å². The number of allylic oxidation sites excluding steroid dienone is 2. The fourth-order valence-corrected chi connectivity index (χ4v) is 5.30. The molecule has 4 heteroatoms. The normalized spacial score (nSPS) is 17.9. The third kappa shape index (κ3) is 1.59. The van der Waals surface area contributed by atoms with Crippen LogP contribution in [0.3, 0.4) is 0 Å². The number of nitrogens with zero attached hydrogens (tertiary/aromatic N) is 2. The van der Waals surface area contributed by atoms with Crippen LogP contribution in [0, 0.1) is 0 Å². The summed E-state index contributed by atoms with van der Waals surface area (Å²) in [5.41, 5.74) is 6.28. The maximum Gasteiger partial charge on any atom is 0.138 e. The maximum absolute atomic E-state index is 6.30. The van der Waals surface area contributed by atoms with Crippen LogP contribution in [-0.2, 0) is 0 Å². The molecule has 0 saturated carbocycles. The standard InChI is InChI=1S/C26H15N3O/c1-5-11-19-14(7-1)23-22-15-8-2-6-12-20(15)30-21(22)13-16-24-26(29(19)25(16)23)28-18-10-4-3-9-17(18)27-24/h1-13,18,28H. The molecule has 4 heterocycles. The summed E-state index contributed by atoms with van der Waals surface area (Å²) >= 11 is 0. The number of fused-ring (bicyclic) bond motifs is 11. The number of nitrogens with one attached hydrogen (secondary N) is 1. The van der Waals surface area contributed by atoms with Crippen LogP contribution in [0.15, 0.2) is 88.3 Å². The molecular formula is C26H15N3O. The second kappa shape index (κ2) is 4.92. The van der Waals surface area contributed by atoms with Gasteiger partial charge in [0.05, 0.1) is 22.8 Å². The first kappa shape index (κ1) is 14.9. The zero-order valence-corrected chi connectivity index (χ0v) is 15.9. The Morgan fingerprint density at radius 3 is 2.70 bits per heavy atom. The monoisotopic (exact) mass is 385 g/mol. The summed E-state index contributed by atoms with van der Waals surface area (Å²) < 4.78 is 8.66. The number of aliphatic imine (C=N–C) groups is 1. The molecule has 0 saturated heterocycles. The molecule has 1 atom stereocenters. The second-order valence-corrected chi connectivity index (χ2v) is 8.07. The van der Waals surface area contributed by atoms with E-state index in [4.69, 9.17) is 9.41 Å². The van der Waals surface area contributed by atoms with Gasteiger partial charge in [-0.15, -0.1) is 0 Å². The number of benzene rings is 3. The van der Waals surface area contributed by atoms with Crippen molar-refractivity contribution in [3.8, 4) is 0 Å². The molecule has 1 N–H and O–H groups in total. The zero-order chi connectivity index (χ0) is 19.4. The molecule has 3 aromatic heterocycles. The minimum atomic E-state index is 0.100. The SMILES string of the molecule is C1=CC2=Nc3c(n4c5ccccc5c5c6c(cc3c54)oc3ccccc36)NC2C=C1. The van der Waals surface area contributed by atoms with Crippen LogP contribution in [0.4, 0.5) is 11.5 Å². The lowest BCUT2D eigenvalue weighted by Gasteiger charge is -2.23. The summed E-state index contributed by atoms with van der Waals surface area (Å²) in [6.45, 7) is 0. The molecule has 0 spiro atoms. The third-order valence-electron chi connectivity index (χ3n) is 6.51. The Labute approximate surface area is 170 Å². The van der Waals surface area contributed by atoms with Gasteiger partial charge in [-0.3, -0.25) is 4.40 Å². The molecule has 0 fully saturated rings. The van der Waals surface area contributed by atoms with E-state index in [2.05, 4.69) is 70.4 Å². The van der Waals surface area contributed by atoms with E-state index in [1.54, 1.807) is 0 Å². The average Bonchev–Trinajstić information content (AvgIpc) is 3.43. The largest absolute Gasteiger partial charge is 0.456 e. The van der Waals surface area contributed by atoms with Crippen molar-refractivity contribution in [1.82, 2.24) is 4.40 Å². The highest BCUT2D eigenvalue weighted by Crippen LogP contribution is 2.50. The Bertz CT molecular complexity index is 1780. The van der Waals surface area contributed by atoms with E-state index < -0.39 is 0 Å². The molecule has 0 amide bonds. The summed E-state index contributed by atoms with van der Waals surface area (Å²) in [7, 11) is 0. The highest BCUT2D eigenvalue weighted by Gasteiger charge is 2.30. The van der Waals surface area contributed by atoms with E-state index in [0.717, 1.165) is 39.2 Å². The van der Waals surface area contributed by atoms with E-state index in [1.165, 1.54) is 27.2 Å². The predicted molar refractivity (Wildman–Crippen MR) is 124 cm³/mol.